The van der Waals surface area contributed by atoms with E-state index in [-0.39, 0.29) is 23.9 Å². The number of rotatable bonds is 6. The molecule has 0 spiro atoms. The third-order valence-electron chi connectivity index (χ3n) is 6.61. The fraction of sp³-hybridized carbons (Fsp3) is 0.900. The molecule has 0 unspecified atom stereocenters. The zero-order valence-corrected chi connectivity index (χ0v) is 16.5. The topological polar surface area (TPSA) is 64.7 Å². The van der Waals surface area contributed by atoms with Crippen molar-refractivity contribution in [1.82, 2.24) is 20.4 Å². The van der Waals surface area contributed by atoms with Gasteiger partial charge in [-0.15, -0.1) is 0 Å². The molecule has 2 atom stereocenters. The largest absolute Gasteiger partial charge is 0.352 e. The minimum absolute atomic E-state index is 0.0830. The summed E-state index contributed by atoms with van der Waals surface area (Å²) in [5.74, 6) is 0.328. The fourth-order valence-electron chi connectivity index (χ4n) is 4.63. The first-order valence-electron chi connectivity index (χ1n) is 10.6. The maximum Gasteiger partial charge on any atom is 0.237 e. The minimum atomic E-state index is -0.0830. The quantitative estimate of drug-likeness (QED) is 0.750. The van der Waals surface area contributed by atoms with E-state index >= 15 is 0 Å². The lowest BCUT2D eigenvalue weighted by Gasteiger charge is -2.40. The molecule has 6 nitrogen and oxygen atoms in total. The second-order valence-corrected chi connectivity index (χ2v) is 8.40. The Morgan fingerprint density at radius 2 is 1.00 bits per heavy atom. The lowest BCUT2D eigenvalue weighted by atomic mass is 10.1. The smallest absolute Gasteiger partial charge is 0.237 e. The van der Waals surface area contributed by atoms with Crippen LogP contribution in [-0.4, -0.2) is 72.0 Å². The molecular formula is C20H36N4O2. The van der Waals surface area contributed by atoms with Gasteiger partial charge in [0, 0.05) is 38.3 Å². The SMILES string of the molecule is C[C@H](C(=O)NC1CCCC1)N1CCN([C@H](C)C(=O)NC2CCCC2)CC1. The fourth-order valence-corrected chi connectivity index (χ4v) is 4.63. The molecule has 148 valence electrons. The maximum absolute atomic E-state index is 12.5. The highest BCUT2D eigenvalue weighted by Crippen LogP contribution is 2.19. The van der Waals surface area contributed by atoms with Crippen LogP contribution in [0.15, 0.2) is 0 Å². The monoisotopic (exact) mass is 364 g/mol. The predicted octanol–water partition coefficient (Wildman–Crippen LogP) is 1.50. The Hall–Kier alpha value is -1.14. The van der Waals surface area contributed by atoms with Gasteiger partial charge in [0.2, 0.25) is 11.8 Å². The molecule has 2 aliphatic carbocycles. The Balaban J connectivity index is 1.41. The van der Waals surface area contributed by atoms with Crippen LogP contribution in [0.4, 0.5) is 0 Å². The number of carbonyl (C=O) groups is 2. The highest BCUT2D eigenvalue weighted by Gasteiger charge is 2.31. The van der Waals surface area contributed by atoms with Crippen LogP contribution in [0.2, 0.25) is 0 Å². The van der Waals surface area contributed by atoms with E-state index in [0.29, 0.717) is 12.1 Å². The van der Waals surface area contributed by atoms with Crippen LogP contribution in [0.5, 0.6) is 0 Å². The maximum atomic E-state index is 12.5. The normalized spacial score (nSPS) is 25.9. The van der Waals surface area contributed by atoms with Crippen molar-refractivity contribution in [3.05, 3.63) is 0 Å². The molecule has 1 aliphatic heterocycles. The number of carbonyl (C=O) groups excluding carboxylic acids is 2. The average Bonchev–Trinajstić information content (AvgIpc) is 3.34. The van der Waals surface area contributed by atoms with Gasteiger partial charge < -0.3 is 10.6 Å². The molecule has 2 N–H and O–H groups in total. The van der Waals surface area contributed by atoms with Gasteiger partial charge in [0.15, 0.2) is 0 Å². The van der Waals surface area contributed by atoms with E-state index in [1.165, 1.54) is 25.7 Å². The third kappa shape index (κ3) is 4.97. The summed E-state index contributed by atoms with van der Waals surface area (Å²) in [7, 11) is 0. The first-order valence-corrected chi connectivity index (χ1v) is 10.6. The van der Waals surface area contributed by atoms with E-state index in [1.54, 1.807) is 0 Å². The second kappa shape index (κ2) is 9.18. The summed E-state index contributed by atoms with van der Waals surface area (Å²) in [6.07, 6.45) is 9.44. The van der Waals surface area contributed by atoms with Crippen molar-refractivity contribution in [2.45, 2.75) is 89.4 Å². The number of hydrogen-bond acceptors (Lipinski definition) is 4. The van der Waals surface area contributed by atoms with Crippen LogP contribution in [-0.2, 0) is 9.59 Å². The van der Waals surface area contributed by atoms with E-state index in [2.05, 4.69) is 20.4 Å². The molecule has 0 aromatic rings. The van der Waals surface area contributed by atoms with Gasteiger partial charge in [-0.05, 0) is 39.5 Å². The molecule has 2 saturated carbocycles. The van der Waals surface area contributed by atoms with Crippen LogP contribution in [0.25, 0.3) is 0 Å². The van der Waals surface area contributed by atoms with Crippen molar-refractivity contribution in [2.75, 3.05) is 26.2 Å². The van der Waals surface area contributed by atoms with Crippen molar-refractivity contribution < 1.29 is 9.59 Å². The Labute approximate surface area is 158 Å². The van der Waals surface area contributed by atoms with E-state index < -0.39 is 0 Å². The molecular weight excluding hydrogens is 328 g/mol. The summed E-state index contributed by atoms with van der Waals surface area (Å²) in [6, 6.07) is 0.594. The van der Waals surface area contributed by atoms with Crippen molar-refractivity contribution in [3.8, 4) is 0 Å². The van der Waals surface area contributed by atoms with Crippen molar-refractivity contribution in [1.29, 1.82) is 0 Å². The van der Waals surface area contributed by atoms with Gasteiger partial charge in [0.05, 0.1) is 12.1 Å². The molecule has 1 saturated heterocycles. The van der Waals surface area contributed by atoms with E-state index in [9.17, 15) is 9.59 Å². The third-order valence-corrected chi connectivity index (χ3v) is 6.61. The van der Waals surface area contributed by atoms with Gasteiger partial charge in [-0.1, -0.05) is 25.7 Å². The van der Waals surface area contributed by atoms with Crippen LogP contribution >= 0.6 is 0 Å². The number of nitrogens with zero attached hydrogens (tertiary/aromatic N) is 2. The summed E-state index contributed by atoms with van der Waals surface area (Å²) in [4.78, 5) is 29.5. The Kier molecular flexibility index (Phi) is 6.92. The summed E-state index contributed by atoms with van der Waals surface area (Å²) >= 11 is 0. The van der Waals surface area contributed by atoms with Crippen LogP contribution < -0.4 is 10.6 Å². The molecule has 0 radical (unpaired) electrons. The molecule has 26 heavy (non-hydrogen) atoms. The van der Waals surface area contributed by atoms with Crippen molar-refractivity contribution in [3.63, 3.8) is 0 Å². The Morgan fingerprint density at radius 3 is 1.31 bits per heavy atom. The van der Waals surface area contributed by atoms with Crippen molar-refractivity contribution in [2.24, 2.45) is 0 Å². The zero-order valence-electron chi connectivity index (χ0n) is 16.5. The molecule has 0 aromatic carbocycles. The Bertz CT molecular complexity index is 434. The molecule has 3 aliphatic rings. The molecule has 6 heteroatoms. The molecule has 0 bridgehead atoms. The van der Waals surface area contributed by atoms with Gasteiger partial charge in [0.1, 0.15) is 0 Å². The van der Waals surface area contributed by atoms with Crippen LogP contribution in [0.1, 0.15) is 65.2 Å². The molecule has 3 rings (SSSR count). The van der Waals surface area contributed by atoms with Gasteiger partial charge in [0.25, 0.3) is 0 Å². The predicted molar refractivity (Wildman–Crippen MR) is 103 cm³/mol. The van der Waals surface area contributed by atoms with Gasteiger partial charge in [-0.3, -0.25) is 19.4 Å². The van der Waals surface area contributed by atoms with Crippen LogP contribution in [0.3, 0.4) is 0 Å². The second-order valence-electron chi connectivity index (χ2n) is 8.40. The average molecular weight is 365 g/mol. The minimum Gasteiger partial charge on any atom is -0.352 e. The van der Waals surface area contributed by atoms with Gasteiger partial charge in [-0.2, -0.15) is 0 Å². The number of amides is 2. The van der Waals surface area contributed by atoms with E-state index in [1.807, 2.05) is 13.8 Å². The van der Waals surface area contributed by atoms with Crippen LogP contribution in [0, 0.1) is 0 Å². The molecule has 3 fully saturated rings. The molecule has 0 aromatic heterocycles. The highest BCUT2D eigenvalue weighted by atomic mass is 16.2. The van der Waals surface area contributed by atoms with Gasteiger partial charge in [-0.25, -0.2) is 0 Å². The van der Waals surface area contributed by atoms with E-state index in [0.717, 1.165) is 51.9 Å². The Morgan fingerprint density at radius 1 is 0.692 bits per heavy atom. The standard InChI is InChI=1S/C20H36N4O2/c1-15(19(25)21-17-7-3-4-8-17)23-11-13-24(14-12-23)16(2)20(26)22-18-9-5-6-10-18/h15-18H,3-14H2,1-2H3,(H,21,25)(H,22,26)/t15-,16-/m1/s1. The summed E-state index contributed by atoms with van der Waals surface area (Å²) in [5, 5.41) is 6.42. The number of hydrogen-bond donors (Lipinski definition) is 2. The lowest BCUT2D eigenvalue weighted by Crippen LogP contribution is -2.58. The first kappa shape index (κ1) is 19.6. The summed E-state index contributed by atoms with van der Waals surface area (Å²) < 4.78 is 0. The molecule has 1 heterocycles. The number of nitrogens with one attached hydrogen (secondary N) is 2. The summed E-state index contributed by atoms with van der Waals surface area (Å²) in [5.41, 5.74) is 0. The number of piperazine rings is 1. The molecule has 2 amide bonds. The lowest BCUT2D eigenvalue weighted by molar-refractivity contribution is -0.130. The summed E-state index contributed by atoms with van der Waals surface area (Å²) in [6.45, 7) is 7.41. The van der Waals surface area contributed by atoms with Crippen molar-refractivity contribution >= 4 is 11.8 Å². The van der Waals surface area contributed by atoms with E-state index in [4.69, 9.17) is 0 Å². The zero-order chi connectivity index (χ0) is 18.5. The highest BCUT2D eigenvalue weighted by molar-refractivity contribution is 5.82. The van der Waals surface area contributed by atoms with Gasteiger partial charge >= 0.3 is 0 Å². The first-order chi connectivity index (χ1) is 12.5.